The van der Waals surface area contributed by atoms with Gasteiger partial charge in [0.05, 0.1) is 40.5 Å². The number of aromatic nitrogens is 3. The minimum atomic E-state index is -5.70. The Balaban J connectivity index is 1.04. The molecule has 24 nitrogen and oxygen atoms in total. The predicted octanol–water partition coefficient (Wildman–Crippen LogP) is 2.40. The van der Waals surface area contributed by atoms with Gasteiger partial charge in [0.1, 0.15) is 24.2 Å². The molecule has 1 saturated heterocycles. The van der Waals surface area contributed by atoms with Gasteiger partial charge in [-0.2, -0.15) is 13.6 Å². The van der Waals surface area contributed by atoms with E-state index in [1.54, 1.807) is 35.2 Å². The van der Waals surface area contributed by atoms with Crippen LogP contribution in [0.4, 0.5) is 11.5 Å². The molecule has 65 heavy (non-hydrogen) atoms. The molecule has 2 unspecified atom stereocenters. The summed E-state index contributed by atoms with van der Waals surface area (Å²) in [5.41, 5.74) is 7.02. The minimum absolute atomic E-state index is 0.0330. The van der Waals surface area contributed by atoms with Crippen LogP contribution in [0, 0.1) is 11.8 Å². The van der Waals surface area contributed by atoms with Crippen molar-refractivity contribution in [1.29, 1.82) is 0 Å². The van der Waals surface area contributed by atoms with Gasteiger partial charge in [0.2, 0.25) is 5.91 Å². The van der Waals surface area contributed by atoms with E-state index in [2.05, 4.69) is 40.2 Å². The molecule has 0 saturated carbocycles. The van der Waals surface area contributed by atoms with Crippen LogP contribution in [0.15, 0.2) is 69.0 Å². The van der Waals surface area contributed by atoms with Gasteiger partial charge in [0.15, 0.2) is 12.4 Å². The summed E-state index contributed by atoms with van der Waals surface area (Å²) in [6.07, 6.45) is 5.74. The normalized spacial score (nSPS) is 17.2. The molecule has 4 heterocycles. The summed E-state index contributed by atoms with van der Waals surface area (Å²) >= 11 is 0. The van der Waals surface area contributed by atoms with E-state index in [1.807, 2.05) is 25.1 Å². The molecule has 0 bridgehead atoms. The van der Waals surface area contributed by atoms with Crippen LogP contribution >= 0.6 is 23.5 Å². The van der Waals surface area contributed by atoms with Gasteiger partial charge in [-0.25, -0.2) is 36.3 Å². The molecule has 3 aromatic heterocycles. The maximum Gasteiger partial charge on any atom is 0.490 e. The number of carbonyl (C=O) groups excluding carboxylic acids is 1. The van der Waals surface area contributed by atoms with Crippen LogP contribution in [0.5, 0.6) is 0 Å². The third-order valence-electron chi connectivity index (χ3n) is 9.62. The molecule has 0 aliphatic carbocycles. The average molecular weight is 989 g/mol. The van der Waals surface area contributed by atoms with E-state index in [0.717, 1.165) is 28.5 Å². The number of aryl methyl sites for hydroxylation is 1. The second-order valence-corrected chi connectivity index (χ2v) is 20.4. The number of rotatable bonds is 22. The summed E-state index contributed by atoms with van der Waals surface area (Å²) < 4.78 is 93.1. The Morgan fingerprint density at radius 2 is 1.78 bits per heavy atom. The molecular formula is C37H47N6O18P3S. The Bertz CT molecular complexity index is 2790. The number of carbonyl (C=O) groups is 1. The molecule has 4 atom stereocenters. The van der Waals surface area contributed by atoms with E-state index >= 15 is 0 Å². The molecule has 1 amide bonds. The Morgan fingerprint density at radius 3 is 2.48 bits per heavy atom. The highest BCUT2D eigenvalue weighted by Crippen LogP contribution is 2.66. The number of phosphoric ester groups is 1. The van der Waals surface area contributed by atoms with Crippen molar-refractivity contribution in [2.75, 3.05) is 42.6 Å². The van der Waals surface area contributed by atoms with Gasteiger partial charge in [-0.05, 0) is 50.8 Å². The number of hydrogen-bond donors (Lipinski definition) is 6. The van der Waals surface area contributed by atoms with E-state index in [-0.39, 0.29) is 49.5 Å². The first-order valence-corrected chi connectivity index (χ1v) is 25.9. The van der Waals surface area contributed by atoms with Gasteiger partial charge >= 0.3 is 34.8 Å². The molecule has 28 heteroatoms. The summed E-state index contributed by atoms with van der Waals surface area (Å²) in [5.74, 6) is 4.65. The molecule has 0 radical (unpaired) electrons. The fourth-order valence-electron chi connectivity index (χ4n) is 6.59. The second-order valence-electron chi connectivity index (χ2n) is 14.5. The first-order valence-electron chi connectivity index (χ1n) is 19.8. The van der Waals surface area contributed by atoms with Gasteiger partial charge in [-0.15, -0.1) is 0 Å². The number of phosphoric acid groups is 3. The zero-order valence-electron chi connectivity index (χ0n) is 34.7. The Kier molecular flexibility index (Phi) is 17.6. The number of nitrogen functional groups attached to an aromatic ring is 1. The lowest BCUT2D eigenvalue weighted by Crippen LogP contribution is -2.33. The molecule has 7 N–H and O–H groups in total. The Morgan fingerprint density at radius 1 is 1.05 bits per heavy atom. The van der Waals surface area contributed by atoms with Crippen molar-refractivity contribution >= 4 is 62.0 Å². The van der Waals surface area contributed by atoms with Crippen LogP contribution in [-0.4, -0.2) is 86.1 Å². The number of pyridine rings is 1. The van der Waals surface area contributed by atoms with E-state index in [9.17, 15) is 50.8 Å². The molecule has 4 aromatic rings. The fraction of sp³-hybridized carbons (Fsp3) is 0.432. The topological polar surface area (TPSA) is 354 Å². The Hall–Kier alpha value is -4.63. The first-order chi connectivity index (χ1) is 30.5. The quantitative estimate of drug-likeness (QED) is 0.0164. The second kappa shape index (κ2) is 22.2. The highest BCUT2D eigenvalue weighted by atomic mass is 32.2. The molecule has 354 valence electrons. The standard InChI is InChI=1S/C37H47N6O18P3S/c1-2-42(29-11-10-27-22-31(36(45)59-32(27)23-29)26-14-19-41(20-15-26)17-7-21-65(54,55)56)18-5-3-4-9-33(44)39-16-6-8-28-24-43(37(46)40-35(28)38)34-13-12-30(58-34)25-57-63(50,51)61-64(52,53)60-62(47,48)49/h10-11,14-15,19-20,22-24,30,34H,2-5,7,9,12-13,16-18,21,25H2,1H3,(H7-,38,39,40,44,46,47,48,49,50,51,52,53,54,55,56)/t30-,34+/m0/s1. The number of benzene rings is 1. The van der Waals surface area contributed by atoms with E-state index in [1.165, 1.54) is 6.20 Å². The maximum absolute atomic E-state index is 13.0. The van der Waals surface area contributed by atoms with Crippen LogP contribution in [0.1, 0.15) is 63.7 Å². The predicted molar refractivity (Wildman–Crippen MR) is 229 cm³/mol. The van der Waals surface area contributed by atoms with Gasteiger partial charge in [0.25, 0.3) is 0 Å². The lowest BCUT2D eigenvalue weighted by atomic mass is 10.1. The molecule has 5 rings (SSSR count). The highest BCUT2D eigenvalue weighted by molar-refractivity contribution is 7.85. The molecule has 1 fully saturated rings. The minimum Gasteiger partial charge on any atom is -0.748 e. The maximum atomic E-state index is 13.0. The average Bonchev–Trinajstić information content (AvgIpc) is 3.68. The number of nitrogens with zero attached hydrogens (tertiary/aromatic N) is 4. The van der Waals surface area contributed by atoms with Crippen molar-refractivity contribution in [2.45, 2.75) is 70.7 Å². The van der Waals surface area contributed by atoms with Crippen molar-refractivity contribution < 1.29 is 77.9 Å². The van der Waals surface area contributed by atoms with Gasteiger partial charge in [-0.3, -0.25) is 13.9 Å². The molecule has 1 aromatic carbocycles. The number of nitrogens with one attached hydrogen (secondary N) is 1. The molecular weight excluding hydrogens is 941 g/mol. The summed E-state index contributed by atoms with van der Waals surface area (Å²) in [4.78, 5) is 80.3. The van der Waals surface area contributed by atoms with Crippen LogP contribution < -0.4 is 31.8 Å². The zero-order chi connectivity index (χ0) is 47.6. The summed E-state index contributed by atoms with van der Waals surface area (Å²) in [6, 6.07) is 10.8. The van der Waals surface area contributed by atoms with Crippen LogP contribution in [0.25, 0.3) is 22.1 Å². The highest BCUT2D eigenvalue weighted by Gasteiger charge is 2.41. The van der Waals surface area contributed by atoms with Crippen LogP contribution in [0.2, 0.25) is 0 Å². The summed E-state index contributed by atoms with van der Waals surface area (Å²) in [6.45, 7) is 2.99. The molecule has 1 aliphatic rings. The SMILES string of the molecule is CCN(CCCCCC(=O)NCC#Cc1cn([C@H]2CC[C@@H](COP(=O)(O)OP(=O)(O)OP(=O)(O)O)O2)c(=O)nc1N)c1ccc2cc(-c3cc[n+](CCCS(=O)(=O)[O-])cc3)c(=O)oc2c1. The smallest absolute Gasteiger partial charge is 0.490 e. The molecule has 0 spiro atoms. The molecule has 1 aliphatic heterocycles. The number of nitrogens with two attached hydrogens (primary N) is 1. The summed E-state index contributed by atoms with van der Waals surface area (Å²) in [7, 11) is -20.9. The van der Waals surface area contributed by atoms with E-state index in [4.69, 9.17) is 24.7 Å². The first kappa shape index (κ1) is 51.4. The summed E-state index contributed by atoms with van der Waals surface area (Å²) in [5, 5.41) is 3.44. The third-order valence-corrected chi connectivity index (χ3v) is 14.2. The van der Waals surface area contributed by atoms with Crippen molar-refractivity contribution in [3.8, 4) is 23.0 Å². The number of unbranched alkanes of at least 4 members (excludes halogenated alkanes) is 2. The number of ether oxygens (including phenoxy) is 1. The lowest BCUT2D eigenvalue weighted by Gasteiger charge is -2.23. The van der Waals surface area contributed by atoms with E-state index < -0.39 is 69.6 Å². The van der Waals surface area contributed by atoms with Crippen molar-refractivity contribution in [3.63, 3.8) is 0 Å². The van der Waals surface area contributed by atoms with Gasteiger partial charge < -0.3 is 49.2 Å². The Labute approximate surface area is 371 Å². The van der Waals surface area contributed by atoms with Crippen molar-refractivity contribution in [3.05, 3.63) is 81.5 Å². The lowest BCUT2D eigenvalue weighted by molar-refractivity contribution is -0.696. The third kappa shape index (κ3) is 16.3. The van der Waals surface area contributed by atoms with Crippen molar-refractivity contribution in [2.24, 2.45) is 0 Å². The monoisotopic (exact) mass is 988 g/mol. The van der Waals surface area contributed by atoms with E-state index in [0.29, 0.717) is 42.8 Å². The zero-order valence-corrected chi connectivity index (χ0v) is 38.2. The van der Waals surface area contributed by atoms with Gasteiger partial charge in [0, 0.05) is 72.7 Å². The fourth-order valence-corrected chi connectivity index (χ4v) is 10.1. The number of anilines is 2. The van der Waals surface area contributed by atoms with Crippen molar-refractivity contribution in [1.82, 2.24) is 14.9 Å². The number of amides is 1. The largest absolute Gasteiger partial charge is 0.748 e. The van der Waals surface area contributed by atoms with Gasteiger partial charge in [-0.1, -0.05) is 18.3 Å². The van der Waals surface area contributed by atoms with Crippen LogP contribution in [-0.2, 0) is 53.0 Å². The number of fused-ring (bicyclic) bond motifs is 1. The van der Waals surface area contributed by atoms with Crippen LogP contribution in [0.3, 0.4) is 0 Å². The number of hydrogen-bond acceptors (Lipinski definition) is 17.